The van der Waals surface area contributed by atoms with Gasteiger partial charge < -0.3 is 0 Å². The highest BCUT2D eigenvalue weighted by atomic mass is 31.0. The number of hydrogen-bond acceptors (Lipinski definition) is 0. The van der Waals surface area contributed by atoms with Crippen LogP contribution < -0.4 is 0 Å². The molecule has 0 aromatic carbocycles. The van der Waals surface area contributed by atoms with Crippen LogP contribution in [0.2, 0.25) is 0 Å². The zero-order valence-corrected chi connectivity index (χ0v) is 5.93. The van der Waals surface area contributed by atoms with Crippen LogP contribution in [0.25, 0.3) is 0 Å². The van der Waals surface area contributed by atoms with Crippen molar-refractivity contribution in [2.24, 2.45) is 0 Å². The van der Waals surface area contributed by atoms with Crippen LogP contribution in [0.15, 0.2) is 23.7 Å². The van der Waals surface area contributed by atoms with Crippen molar-refractivity contribution in [2.75, 3.05) is 0 Å². The molecular formula is C4H8P2. The molecule has 0 aliphatic heterocycles. The molecule has 1 aromatic heterocycles. The number of rotatable bonds is 0. The van der Waals surface area contributed by atoms with E-state index in [2.05, 4.69) is 23.7 Å². The van der Waals surface area contributed by atoms with E-state index in [0.29, 0.717) is 0 Å². The lowest BCUT2D eigenvalue weighted by Gasteiger charge is -1.41. The maximum atomic E-state index is 2.15. The molecular weight excluding hydrogens is 110 g/mol. The summed E-state index contributed by atoms with van der Waals surface area (Å²) in [5.41, 5.74) is 0. The summed E-state index contributed by atoms with van der Waals surface area (Å²) < 4.78 is 0. The Kier molecular flexibility index (Phi) is 3.52. The highest BCUT2D eigenvalue weighted by Gasteiger charge is 1.57. The van der Waals surface area contributed by atoms with Crippen LogP contribution in [0.4, 0.5) is 0 Å². The first-order valence-electron chi connectivity index (χ1n) is 1.58. The minimum absolute atomic E-state index is 0. The average molecular weight is 118 g/mol. The van der Waals surface area contributed by atoms with E-state index in [-0.39, 0.29) is 9.90 Å². The quantitative estimate of drug-likeness (QED) is 0.455. The van der Waals surface area contributed by atoms with Crippen LogP contribution in [0.5, 0.6) is 0 Å². The van der Waals surface area contributed by atoms with Gasteiger partial charge in [0, 0.05) is 0 Å². The van der Waals surface area contributed by atoms with Gasteiger partial charge in [0.05, 0.1) is 0 Å². The Labute approximate surface area is 42.7 Å². The average Bonchev–Trinajstić information content (AvgIpc) is 1.76. The van der Waals surface area contributed by atoms with Gasteiger partial charge in [-0.1, -0.05) is 12.1 Å². The Bertz CT molecular complexity index is 62.0. The normalized spacial score (nSPS) is 6.67. The summed E-state index contributed by atoms with van der Waals surface area (Å²) in [6.45, 7) is 0. The molecule has 0 saturated heterocycles. The molecule has 0 fully saturated rings. The fraction of sp³-hybridized carbons (Fsp3) is 0. The van der Waals surface area contributed by atoms with Gasteiger partial charge in [-0.3, -0.25) is 0 Å². The third kappa shape index (κ3) is 1.60. The topological polar surface area (TPSA) is 0 Å². The molecule has 34 valence electrons. The van der Waals surface area contributed by atoms with Crippen LogP contribution in [-0.4, -0.2) is 0 Å². The van der Waals surface area contributed by atoms with E-state index >= 15 is 0 Å². The number of hydrogen-bond donors (Lipinski definition) is 0. The van der Waals surface area contributed by atoms with Gasteiger partial charge in [0.25, 0.3) is 0 Å². The molecule has 1 aromatic rings. The molecule has 0 radical (unpaired) electrons. The third-order valence-electron chi connectivity index (χ3n) is 0.496. The molecule has 0 nitrogen and oxygen atoms in total. The van der Waals surface area contributed by atoms with Crippen molar-refractivity contribution in [3.05, 3.63) is 23.7 Å². The standard InChI is InChI=1S/C4H5P.H3P/c1-2-4-5-3-1;/h1-5H;1H3. The summed E-state index contributed by atoms with van der Waals surface area (Å²) in [4.78, 5) is 0. The largest absolute Gasteiger partial charge is 0.153 e. The first kappa shape index (κ1) is 6.21. The second kappa shape index (κ2) is 3.40. The highest BCUT2D eigenvalue weighted by Crippen LogP contribution is 1.99. The first-order valence-corrected chi connectivity index (χ1v) is 2.73. The Hall–Kier alpha value is 0.210. The summed E-state index contributed by atoms with van der Waals surface area (Å²) in [6.07, 6.45) is 0. The SMILES string of the molecule is P.c1cc[pH]c1. The molecule has 0 saturated carbocycles. The van der Waals surface area contributed by atoms with Crippen LogP contribution >= 0.6 is 18.1 Å². The smallest absolute Gasteiger partial charge is 0.0454 e. The predicted molar refractivity (Wildman–Crippen MR) is 37.0 cm³/mol. The Morgan fingerprint density at radius 2 is 1.50 bits per heavy atom. The molecule has 0 amide bonds. The molecule has 0 aliphatic rings. The van der Waals surface area contributed by atoms with Gasteiger partial charge in [-0.05, 0) is 11.6 Å². The lowest BCUT2D eigenvalue weighted by Crippen LogP contribution is -1.16. The van der Waals surface area contributed by atoms with Crippen molar-refractivity contribution in [2.45, 2.75) is 0 Å². The fourth-order valence-corrected chi connectivity index (χ4v) is 0.833. The Morgan fingerprint density at radius 3 is 1.67 bits per heavy atom. The lowest BCUT2D eigenvalue weighted by atomic mass is 10.7. The summed E-state index contributed by atoms with van der Waals surface area (Å²) in [5, 5.41) is 0. The van der Waals surface area contributed by atoms with E-state index < -0.39 is 0 Å². The molecule has 2 heteroatoms. The molecule has 0 spiro atoms. The van der Waals surface area contributed by atoms with Crippen LogP contribution in [0, 0.1) is 0 Å². The minimum atomic E-state index is 0. The van der Waals surface area contributed by atoms with Crippen LogP contribution in [0.1, 0.15) is 0 Å². The summed E-state index contributed by atoms with van der Waals surface area (Å²) >= 11 is 0. The van der Waals surface area contributed by atoms with Gasteiger partial charge in [0.1, 0.15) is 0 Å². The second-order valence-corrected chi connectivity index (χ2v) is 1.88. The monoisotopic (exact) mass is 118 g/mol. The van der Waals surface area contributed by atoms with Crippen molar-refractivity contribution in [3.8, 4) is 0 Å². The molecule has 0 bridgehead atoms. The second-order valence-electron chi connectivity index (χ2n) is 0.885. The zero-order valence-electron chi connectivity index (χ0n) is 3.52. The third-order valence-corrected chi connectivity index (χ3v) is 1.27. The molecule has 1 atom stereocenters. The van der Waals surface area contributed by atoms with Gasteiger partial charge in [-0.25, -0.2) is 0 Å². The molecule has 1 heterocycles. The van der Waals surface area contributed by atoms with E-state index in [9.17, 15) is 0 Å². The lowest BCUT2D eigenvalue weighted by molar-refractivity contribution is 2.03. The van der Waals surface area contributed by atoms with Crippen molar-refractivity contribution in [1.29, 1.82) is 0 Å². The van der Waals surface area contributed by atoms with Gasteiger partial charge in [0.15, 0.2) is 0 Å². The Balaban J connectivity index is 0.000000250. The summed E-state index contributed by atoms with van der Waals surface area (Å²) in [6, 6.07) is 4.14. The van der Waals surface area contributed by atoms with E-state index in [0.717, 1.165) is 8.19 Å². The van der Waals surface area contributed by atoms with Crippen molar-refractivity contribution in [1.82, 2.24) is 0 Å². The summed E-state index contributed by atoms with van der Waals surface area (Å²) in [5.74, 6) is 4.31. The molecule has 1 unspecified atom stereocenters. The molecule has 6 heavy (non-hydrogen) atoms. The van der Waals surface area contributed by atoms with Gasteiger partial charge in [-0.15, -0.1) is 8.19 Å². The molecule has 0 N–H and O–H groups in total. The Morgan fingerprint density at radius 1 is 1.00 bits per heavy atom. The zero-order chi connectivity index (χ0) is 3.54. The first-order chi connectivity index (χ1) is 2.50. The van der Waals surface area contributed by atoms with Crippen molar-refractivity contribution >= 4 is 18.1 Å². The maximum absolute atomic E-state index is 2.15. The highest BCUT2D eigenvalue weighted by molar-refractivity contribution is 7.28. The fourth-order valence-electron chi connectivity index (χ4n) is 0.278. The summed E-state index contributed by atoms with van der Waals surface area (Å²) in [7, 11) is 0.948. The van der Waals surface area contributed by atoms with Gasteiger partial charge in [-0.2, -0.15) is 9.90 Å². The maximum Gasteiger partial charge on any atom is -0.0454 e. The molecule has 1 rings (SSSR count). The van der Waals surface area contributed by atoms with E-state index in [1.165, 1.54) is 0 Å². The van der Waals surface area contributed by atoms with Crippen LogP contribution in [0.3, 0.4) is 0 Å². The minimum Gasteiger partial charge on any atom is -0.153 e. The van der Waals surface area contributed by atoms with Crippen molar-refractivity contribution < 1.29 is 0 Å². The van der Waals surface area contributed by atoms with Gasteiger partial charge >= 0.3 is 0 Å². The van der Waals surface area contributed by atoms with E-state index in [1.807, 2.05) is 0 Å². The van der Waals surface area contributed by atoms with E-state index in [4.69, 9.17) is 0 Å². The van der Waals surface area contributed by atoms with Crippen LogP contribution in [-0.2, 0) is 0 Å². The van der Waals surface area contributed by atoms with Gasteiger partial charge in [0.2, 0.25) is 0 Å². The molecule has 0 aliphatic carbocycles. The van der Waals surface area contributed by atoms with E-state index in [1.54, 1.807) is 0 Å². The van der Waals surface area contributed by atoms with Crippen molar-refractivity contribution in [3.63, 3.8) is 0 Å². The predicted octanol–water partition coefficient (Wildman–Crippen LogP) is 1.78.